The molecule has 0 aliphatic heterocycles. The van der Waals surface area contributed by atoms with Crippen LogP contribution in [0, 0.1) is 5.82 Å². The number of ether oxygens (including phenoxy) is 1. The minimum Gasteiger partial charge on any atom is -0.497 e. The first-order valence-electron chi connectivity index (χ1n) is 5.37. The van der Waals surface area contributed by atoms with Crippen LogP contribution < -0.4 is 10.1 Å². The molecule has 0 bridgehead atoms. The number of pyridine rings is 1. The molecule has 94 valence electrons. The van der Waals surface area contributed by atoms with Gasteiger partial charge < -0.3 is 10.1 Å². The predicted octanol–water partition coefficient (Wildman–Crippen LogP) is 3.60. The largest absolute Gasteiger partial charge is 0.497 e. The van der Waals surface area contributed by atoms with E-state index in [0.29, 0.717) is 11.0 Å². The van der Waals surface area contributed by atoms with E-state index in [-0.39, 0.29) is 11.6 Å². The Balaban J connectivity index is 2.02. The molecule has 0 radical (unpaired) electrons. The van der Waals surface area contributed by atoms with Gasteiger partial charge in [-0.2, -0.15) is 0 Å². The smallest absolute Gasteiger partial charge is 0.166 e. The molecule has 0 unspecified atom stereocenters. The minimum atomic E-state index is -0.377. The topological polar surface area (TPSA) is 34.1 Å². The zero-order chi connectivity index (χ0) is 13.0. The number of aromatic nitrogens is 1. The van der Waals surface area contributed by atoms with Crippen LogP contribution in [0.25, 0.3) is 0 Å². The van der Waals surface area contributed by atoms with Crippen LogP contribution in [0.3, 0.4) is 0 Å². The van der Waals surface area contributed by atoms with Crippen molar-refractivity contribution < 1.29 is 9.13 Å². The summed E-state index contributed by atoms with van der Waals surface area (Å²) >= 11 is 3.16. The Morgan fingerprint density at radius 2 is 2.06 bits per heavy atom. The third-order valence-corrected chi connectivity index (χ3v) is 2.86. The number of nitrogens with one attached hydrogen (secondary N) is 1. The Labute approximate surface area is 113 Å². The molecule has 0 amide bonds. The number of hydrogen-bond donors (Lipinski definition) is 1. The van der Waals surface area contributed by atoms with Crippen molar-refractivity contribution in [3.63, 3.8) is 0 Å². The van der Waals surface area contributed by atoms with E-state index in [1.807, 2.05) is 24.3 Å². The third-order valence-electron chi connectivity index (χ3n) is 2.43. The van der Waals surface area contributed by atoms with Crippen molar-refractivity contribution in [1.82, 2.24) is 4.98 Å². The van der Waals surface area contributed by atoms with Gasteiger partial charge in [0, 0.05) is 17.2 Å². The molecule has 0 spiro atoms. The summed E-state index contributed by atoms with van der Waals surface area (Å²) in [5.41, 5.74) is 1.03. The van der Waals surface area contributed by atoms with Crippen LogP contribution in [0.5, 0.6) is 5.75 Å². The second kappa shape index (κ2) is 5.82. The fourth-order valence-corrected chi connectivity index (χ4v) is 1.78. The molecule has 2 rings (SSSR count). The zero-order valence-electron chi connectivity index (χ0n) is 9.78. The average molecular weight is 311 g/mol. The van der Waals surface area contributed by atoms with Crippen molar-refractivity contribution >= 4 is 21.7 Å². The Hall–Kier alpha value is -1.62. The maximum Gasteiger partial charge on any atom is 0.166 e. The van der Waals surface area contributed by atoms with Crippen LogP contribution in [-0.4, -0.2) is 12.1 Å². The van der Waals surface area contributed by atoms with E-state index in [1.165, 1.54) is 6.07 Å². The van der Waals surface area contributed by atoms with E-state index in [4.69, 9.17) is 4.74 Å². The highest BCUT2D eigenvalue weighted by Crippen LogP contribution is 2.17. The number of methoxy groups -OCH3 is 1. The molecule has 18 heavy (non-hydrogen) atoms. The number of benzene rings is 1. The molecule has 0 saturated carbocycles. The molecule has 5 heteroatoms. The molecular weight excluding hydrogens is 299 g/mol. The molecule has 0 fully saturated rings. The van der Waals surface area contributed by atoms with Crippen LogP contribution in [0.15, 0.2) is 41.0 Å². The number of anilines is 1. The highest BCUT2D eigenvalue weighted by atomic mass is 79.9. The van der Waals surface area contributed by atoms with Crippen LogP contribution in [0.4, 0.5) is 10.2 Å². The van der Waals surface area contributed by atoms with Gasteiger partial charge in [-0.3, -0.25) is 0 Å². The highest BCUT2D eigenvalue weighted by molar-refractivity contribution is 9.10. The normalized spacial score (nSPS) is 10.2. The van der Waals surface area contributed by atoms with E-state index in [1.54, 1.807) is 13.3 Å². The summed E-state index contributed by atoms with van der Waals surface area (Å²) in [6.07, 6.45) is 1.55. The molecule has 0 aliphatic carbocycles. The van der Waals surface area contributed by atoms with Crippen LogP contribution in [0.2, 0.25) is 0 Å². The Morgan fingerprint density at radius 1 is 1.33 bits per heavy atom. The van der Waals surface area contributed by atoms with Gasteiger partial charge in [0.2, 0.25) is 0 Å². The quantitative estimate of drug-likeness (QED) is 0.937. The van der Waals surface area contributed by atoms with Crippen molar-refractivity contribution in [3.05, 3.63) is 52.4 Å². The molecule has 1 aromatic heterocycles. The Morgan fingerprint density at radius 3 is 2.67 bits per heavy atom. The van der Waals surface area contributed by atoms with Gasteiger partial charge in [0.25, 0.3) is 0 Å². The van der Waals surface area contributed by atoms with Gasteiger partial charge in [-0.1, -0.05) is 12.1 Å². The van der Waals surface area contributed by atoms with Gasteiger partial charge in [0.15, 0.2) is 11.6 Å². The van der Waals surface area contributed by atoms with E-state index in [9.17, 15) is 4.39 Å². The standard InChI is InChI=1S/C13H12BrFN2O/c1-18-11-4-2-9(3-5-11)7-16-13-12(15)6-10(14)8-17-13/h2-6,8H,7H2,1H3,(H,16,17). The lowest BCUT2D eigenvalue weighted by Crippen LogP contribution is -2.03. The molecule has 0 aliphatic rings. The summed E-state index contributed by atoms with van der Waals surface area (Å²) in [5.74, 6) is 0.665. The van der Waals surface area contributed by atoms with Crippen molar-refractivity contribution in [1.29, 1.82) is 0 Å². The first kappa shape index (κ1) is 12.8. The lowest BCUT2D eigenvalue weighted by Gasteiger charge is -2.07. The first-order valence-corrected chi connectivity index (χ1v) is 6.16. The number of nitrogens with zero attached hydrogens (tertiary/aromatic N) is 1. The van der Waals surface area contributed by atoms with Crippen molar-refractivity contribution in [3.8, 4) is 5.75 Å². The summed E-state index contributed by atoms with van der Waals surface area (Å²) in [4.78, 5) is 3.97. The van der Waals surface area contributed by atoms with Crippen LogP contribution in [-0.2, 0) is 6.54 Å². The van der Waals surface area contributed by atoms with Crippen LogP contribution >= 0.6 is 15.9 Å². The lowest BCUT2D eigenvalue weighted by molar-refractivity contribution is 0.414. The molecule has 3 nitrogen and oxygen atoms in total. The molecule has 1 N–H and O–H groups in total. The minimum absolute atomic E-state index is 0.244. The summed E-state index contributed by atoms with van der Waals surface area (Å²) in [6, 6.07) is 8.94. The Kier molecular flexibility index (Phi) is 4.15. The van der Waals surface area contributed by atoms with Gasteiger partial charge in [0.05, 0.1) is 7.11 Å². The van der Waals surface area contributed by atoms with E-state index in [0.717, 1.165) is 11.3 Å². The summed E-state index contributed by atoms with van der Waals surface area (Å²) < 4.78 is 19.2. The highest BCUT2D eigenvalue weighted by Gasteiger charge is 2.03. The number of rotatable bonds is 4. The van der Waals surface area contributed by atoms with E-state index < -0.39 is 0 Å². The molecule has 0 saturated heterocycles. The maximum atomic E-state index is 13.5. The fraction of sp³-hybridized carbons (Fsp3) is 0.154. The second-order valence-electron chi connectivity index (χ2n) is 3.69. The summed E-state index contributed by atoms with van der Waals surface area (Å²) in [5, 5.41) is 2.95. The lowest BCUT2D eigenvalue weighted by atomic mass is 10.2. The van der Waals surface area contributed by atoms with Gasteiger partial charge >= 0.3 is 0 Å². The number of hydrogen-bond acceptors (Lipinski definition) is 3. The summed E-state index contributed by atoms with van der Waals surface area (Å²) in [7, 11) is 1.62. The van der Waals surface area contributed by atoms with Gasteiger partial charge in [-0.15, -0.1) is 0 Å². The zero-order valence-corrected chi connectivity index (χ0v) is 11.4. The van der Waals surface area contributed by atoms with Crippen LogP contribution in [0.1, 0.15) is 5.56 Å². The third kappa shape index (κ3) is 3.20. The van der Waals surface area contributed by atoms with E-state index in [2.05, 4.69) is 26.2 Å². The summed E-state index contributed by atoms with van der Waals surface area (Å²) in [6.45, 7) is 0.509. The van der Waals surface area contributed by atoms with Gasteiger partial charge in [-0.25, -0.2) is 9.37 Å². The SMILES string of the molecule is COc1ccc(CNc2ncc(Br)cc2F)cc1. The Bertz CT molecular complexity index is 531. The fourth-order valence-electron chi connectivity index (χ4n) is 1.47. The second-order valence-corrected chi connectivity index (χ2v) is 4.60. The molecule has 1 aromatic carbocycles. The van der Waals surface area contributed by atoms with Gasteiger partial charge in [0.1, 0.15) is 5.75 Å². The maximum absolute atomic E-state index is 13.5. The van der Waals surface area contributed by atoms with Crippen molar-refractivity contribution in [2.24, 2.45) is 0 Å². The van der Waals surface area contributed by atoms with Crippen molar-refractivity contribution in [2.75, 3.05) is 12.4 Å². The molecule has 2 aromatic rings. The molecule has 1 heterocycles. The molecule has 0 atom stereocenters. The van der Waals surface area contributed by atoms with E-state index >= 15 is 0 Å². The van der Waals surface area contributed by atoms with Crippen molar-refractivity contribution in [2.45, 2.75) is 6.54 Å². The predicted molar refractivity (Wildman–Crippen MR) is 72.2 cm³/mol. The molecular formula is C13H12BrFN2O. The van der Waals surface area contributed by atoms with Gasteiger partial charge in [-0.05, 0) is 39.7 Å². The first-order chi connectivity index (χ1) is 8.69. The monoisotopic (exact) mass is 310 g/mol. The average Bonchev–Trinajstić information content (AvgIpc) is 2.38. The number of halogens is 2.